The predicted octanol–water partition coefficient (Wildman–Crippen LogP) is 2.35. The van der Waals surface area contributed by atoms with Crippen LogP contribution < -0.4 is 4.90 Å². The number of amides is 2. The molecule has 5 nitrogen and oxygen atoms in total. The Morgan fingerprint density at radius 2 is 1.54 bits per heavy atom. The summed E-state index contributed by atoms with van der Waals surface area (Å²) >= 11 is 0. The number of rotatable bonds is 3. The highest BCUT2D eigenvalue weighted by Crippen LogP contribution is 2.36. The average molecular weight is 350 g/mol. The van der Waals surface area contributed by atoms with Crippen molar-refractivity contribution in [1.29, 1.82) is 0 Å². The fourth-order valence-electron chi connectivity index (χ4n) is 3.81. The molecule has 2 atom stereocenters. The van der Waals surface area contributed by atoms with Crippen LogP contribution in [0.4, 0.5) is 5.69 Å². The minimum absolute atomic E-state index is 0.144. The zero-order valence-electron chi connectivity index (χ0n) is 14.8. The van der Waals surface area contributed by atoms with Gasteiger partial charge in [0, 0.05) is 13.1 Å². The molecule has 5 heteroatoms. The van der Waals surface area contributed by atoms with Crippen molar-refractivity contribution < 1.29 is 14.3 Å². The lowest BCUT2D eigenvalue weighted by Gasteiger charge is -2.33. The van der Waals surface area contributed by atoms with Gasteiger partial charge in [0.1, 0.15) is 6.04 Å². The quantitative estimate of drug-likeness (QED) is 0.798. The van der Waals surface area contributed by atoms with Gasteiger partial charge >= 0.3 is 0 Å². The van der Waals surface area contributed by atoms with E-state index in [0.29, 0.717) is 32.0 Å². The van der Waals surface area contributed by atoms with Crippen LogP contribution in [0.15, 0.2) is 54.6 Å². The number of hydrogen-bond acceptors (Lipinski definition) is 4. The topological polar surface area (TPSA) is 49.9 Å². The van der Waals surface area contributed by atoms with Gasteiger partial charge in [-0.25, -0.2) is 4.90 Å². The molecule has 2 aliphatic heterocycles. The third-order valence-electron chi connectivity index (χ3n) is 5.17. The molecule has 0 aliphatic carbocycles. The lowest BCUT2D eigenvalue weighted by Crippen LogP contribution is -2.49. The Hall–Kier alpha value is -2.50. The van der Waals surface area contributed by atoms with E-state index in [9.17, 15) is 9.59 Å². The van der Waals surface area contributed by atoms with Crippen molar-refractivity contribution >= 4 is 17.5 Å². The van der Waals surface area contributed by atoms with Crippen LogP contribution in [0.25, 0.3) is 0 Å². The van der Waals surface area contributed by atoms with Gasteiger partial charge in [0.2, 0.25) is 5.91 Å². The zero-order valence-corrected chi connectivity index (χ0v) is 14.8. The lowest BCUT2D eigenvalue weighted by molar-refractivity contribution is -0.123. The summed E-state index contributed by atoms with van der Waals surface area (Å²) in [5.41, 5.74) is 2.62. The molecule has 0 spiro atoms. The standard InChI is InChI=1S/C21H22N2O3/c1-15-7-9-17(10-8-15)23-20(24)18(16-5-3-2-4-6-16)19(21(23)25)22-11-13-26-14-12-22/h2-10,18-19H,11-14H2,1H3/t18-,19+/m1/s1. The Labute approximate surface area is 153 Å². The van der Waals surface area contributed by atoms with E-state index in [1.807, 2.05) is 61.5 Å². The van der Waals surface area contributed by atoms with Crippen LogP contribution in [0.1, 0.15) is 17.0 Å². The molecule has 2 amide bonds. The van der Waals surface area contributed by atoms with Gasteiger partial charge in [0.05, 0.1) is 24.8 Å². The maximum Gasteiger partial charge on any atom is 0.252 e. The van der Waals surface area contributed by atoms with E-state index in [-0.39, 0.29) is 11.8 Å². The predicted molar refractivity (Wildman–Crippen MR) is 99.0 cm³/mol. The second-order valence-corrected chi connectivity index (χ2v) is 6.83. The number of carbonyl (C=O) groups is 2. The molecular formula is C21H22N2O3. The molecule has 0 saturated carbocycles. The third kappa shape index (κ3) is 2.93. The Kier molecular flexibility index (Phi) is 4.57. The van der Waals surface area contributed by atoms with E-state index >= 15 is 0 Å². The fourth-order valence-corrected chi connectivity index (χ4v) is 3.81. The molecule has 26 heavy (non-hydrogen) atoms. The van der Waals surface area contributed by atoms with E-state index in [1.54, 1.807) is 0 Å². The number of carbonyl (C=O) groups excluding carboxylic acids is 2. The molecule has 2 aromatic rings. The second kappa shape index (κ2) is 7.02. The van der Waals surface area contributed by atoms with Crippen molar-refractivity contribution in [2.24, 2.45) is 0 Å². The van der Waals surface area contributed by atoms with Crippen LogP contribution in [-0.4, -0.2) is 49.1 Å². The van der Waals surface area contributed by atoms with Gasteiger partial charge < -0.3 is 4.74 Å². The highest BCUT2D eigenvalue weighted by Gasteiger charge is 2.51. The summed E-state index contributed by atoms with van der Waals surface area (Å²) in [6.45, 7) is 4.48. The number of morpholine rings is 1. The number of ether oxygens (including phenoxy) is 1. The minimum Gasteiger partial charge on any atom is -0.379 e. The van der Waals surface area contributed by atoms with Crippen molar-refractivity contribution in [2.45, 2.75) is 18.9 Å². The van der Waals surface area contributed by atoms with Crippen LogP contribution in [-0.2, 0) is 14.3 Å². The highest BCUT2D eigenvalue weighted by molar-refractivity contribution is 6.25. The molecule has 134 valence electrons. The summed E-state index contributed by atoms with van der Waals surface area (Å²) in [5.74, 6) is -0.778. The van der Waals surface area contributed by atoms with E-state index in [2.05, 4.69) is 4.90 Å². The SMILES string of the molecule is Cc1ccc(N2C(=O)[C@H](c3ccccc3)[C@H](N3CCOCC3)C2=O)cc1. The van der Waals surface area contributed by atoms with Crippen LogP contribution in [0.3, 0.4) is 0 Å². The number of benzene rings is 2. The van der Waals surface area contributed by atoms with E-state index in [1.165, 1.54) is 4.90 Å². The minimum atomic E-state index is -0.483. The third-order valence-corrected chi connectivity index (χ3v) is 5.17. The number of hydrogen-bond donors (Lipinski definition) is 0. The van der Waals surface area contributed by atoms with Gasteiger partial charge in [-0.2, -0.15) is 0 Å². The molecule has 0 bridgehead atoms. The average Bonchev–Trinajstić information content (AvgIpc) is 2.94. The van der Waals surface area contributed by atoms with E-state index in [0.717, 1.165) is 11.1 Å². The van der Waals surface area contributed by atoms with Gasteiger partial charge in [0.25, 0.3) is 5.91 Å². The molecule has 4 rings (SSSR count). The number of imide groups is 1. The summed E-state index contributed by atoms with van der Waals surface area (Å²) < 4.78 is 5.44. The molecule has 2 aliphatic rings. The second-order valence-electron chi connectivity index (χ2n) is 6.83. The van der Waals surface area contributed by atoms with E-state index in [4.69, 9.17) is 4.74 Å². The van der Waals surface area contributed by atoms with Crippen molar-refractivity contribution in [3.8, 4) is 0 Å². The largest absolute Gasteiger partial charge is 0.379 e. The summed E-state index contributed by atoms with van der Waals surface area (Å²) in [5, 5.41) is 0. The van der Waals surface area contributed by atoms with Crippen molar-refractivity contribution in [3.05, 3.63) is 65.7 Å². The van der Waals surface area contributed by atoms with Gasteiger partial charge in [0.15, 0.2) is 0 Å². The smallest absolute Gasteiger partial charge is 0.252 e. The Bertz CT molecular complexity index is 798. The first-order chi connectivity index (χ1) is 12.7. The molecule has 0 unspecified atom stereocenters. The molecule has 2 saturated heterocycles. The van der Waals surface area contributed by atoms with Crippen LogP contribution >= 0.6 is 0 Å². The van der Waals surface area contributed by atoms with Gasteiger partial charge in [-0.15, -0.1) is 0 Å². The Balaban J connectivity index is 1.75. The Morgan fingerprint density at radius 1 is 0.885 bits per heavy atom. The highest BCUT2D eigenvalue weighted by atomic mass is 16.5. The monoisotopic (exact) mass is 350 g/mol. The summed E-state index contributed by atoms with van der Waals surface area (Å²) in [7, 11) is 0. The van der Waals surface area contributed by atoms with Crippen molar-refractivity contribution in [3.63, 3.8) is 0 Å². The van der Waals surface area contributed by atoms with Crippen LogP contribution in [0.5, 0.6) is 0 Å². The first kappa shape index (κ1) is 16.9. The molecule has 0 N–H and O–H groups in total. The molecule has 0 radical (unpaired) electrons. The first-order valence-corrected chi connectivity index (χ1v) is 8.98. The maximum atomic E-state index is 13.3. The molecule has 0 aromatic heterocycles. The number of aryl methyl sites for hydroxylation is 1. The molecule has 2 fully saturated rings. The molecule has 2 aromatic carbocycles. The summed E-state index contributed by atoms with van der Waals surface area (Å²) in [4.78, 5) is 30.1. The summed E-state index contributed by atoms with van der Waals surface area (Å²) in [6.07, 6.45) is 0. The zero-order chi connectivity index (χ0) is 18.1. The Morgan fingerprint density at radius 3 is 2.19 bits per heavy atom. The van der Waals surface area contributed by atoms with Crippen LogP contribution in [0, 0.1) is 6.92 Å². The normalized spacial score (nSPS) is 24.3. The molecular weight excluding hydrogens is 328 g/mol. The number of nitrogens with zero attached hydrogens (tertiary/aromatic N) is 2. The van der Waals surface area contributed by atoms with Gasteiger partial charge in [-0.05, 0) is 24.6 Å². The van der Waals surface area contributed by atoms with Crippen LogP contribution in [0.2, 0.25) is 0 Å². The van der Waals surface area contributed by atoms with Crippen molar-refractivity contribution in [1.82, 2.24) is 4.90 Å². The lowest BCUT2D eigenvalue weighted by atomic mass is 9.92. The van der Waals surface area contributed by atoms with Gasteiger partial charge in [-0.1, -0.05) is 48.0 Å². The maximum absolute atomic E-state index is 13.3. The van der Waals surface area contributed by atoms with Gasteiger partial charge in [-0.3, -0.25) is 14.5 Å². The fraction of sp³-hybridized carbons (Fsp3) is 0.333. The van der Waals surface area contributed by atoms with E-state index < -0.39 is 12.0 Å². The first-order valence-electron chi connectivity index (χ1n) is 8.98. The summed E-state index contributed by atoms with van der Waals surface area (Å²) in [6, 6.07) is 16.7. The number of anilines is 1. The van der Waals surface area contributed by atoms with Crippen molar-refractivity contribution in [2.75, 3.05) is 31.2 Å². The molecule has 2 heterocycles.